The molecular weight excluding hydrogens is 314 g/mol. The normalized spacial score (nSPS) is 10.8. The van der Waals surface area contributed by atoms with Crippen LogP contribution < -0.4 is 10.1 Å². The molecule has 4 rings (SSSR count). The summed E-state index contributed by atoms with van der Waals surface area (Å²) in [5.74, 6) is 1.50. The highest BCUT2D eigenvalue weighted by Gasteiger charge is 2.08. The standard InChI is InChI=1S/C19H17N5O/c1-24-17-9-14(8-7-13(17)11-22-24)23-19-10-16(20-12-21-19)15-5-3-4-6-18(15)25-2/h3-12H,1-2H3,(H,20,21,23). The van der Waals surface area contributed by atoms with Gasteiger partial charge in [0.1, 0.15) is 17.9 Å². The molecule has 0 aliphatic heterocycles. The molecule has 0 bridgehead atoms. The fourth-order valence-corrected chi connectivity index (χ4v) is 2.80. The van der Waals surface area contributed by atoms with E-state index >= 15 is 0 Å². The van der Waals surface area contributed by atoms with Gasteiger partial charge in [-0.05, 0) is 30.3 Å². The molecule has 6 nitrogen and oxygen atoms in total. The number of nitrogens with one attached hydrogen (secondary N) is 1. The molecular formula is C19H17N5O. The van der Waals surface area contributed by atoms with E-state index in [-0.39, 0.29) is 0 Å². The molecule has 1 N–H and O–H groups in total. The molecule has 0 saturated heterocycles. The van der Waals surface area contributed by atoms with E-state index in [9.17, 15) is 0 Å². The van der Waals surface area contributed by atoms with Crippen molar-refractivity contribution in [1.82, 2.24) is 19.7 Å². The Labute approximate surface area is 145 Å². The van der Waals surface area contributed by atoms with E-state index in [1.165, 1.54) is 0 Å². The van der Waals surface area contributed by atoms with Crippen molar-refractivity contribution in [3.63, 3.8) is 0 Å². The average molecular weight is 331 g/mol. The third-order valence-corrected chi connectivity index (χ3v) is 4.07. The lowest BCUT2D eigenvalue weighted by atomic mass is 10.1. The van der Waals surface area contributed by atoms with Gasteiger partial charge in [-0.1, -0.05) is 12.1 Å². The Bertz CT molecular complexity index is 1040. The van der Waals surface area contributed by atoms with Crippen LogP contribution in [0.5, 0.6) is 5.75 Å². The van der Waals surface area contributed by atoms with Gasteiger partial charge in [0.15, 0.2) is 0 Å². The molecule has 4 aromatic rings. The summed E-state index contributed by atoms with van der Waals surface area (Å²) in [6.45, 7) is 0. The topological polar surface area (TPSA) is 64.9 Å². The van der Waals surface area contributed by atoms with Crippen molar-refractivity contribution < 1.29 is 4.74 Å². The largest absolute Gasteiger partial charge is 0.496 e. The number of ether oxygens (including phenoxy) is 1. The number of methoxy groups -OCH3 is 1. The summed E-state index contributed by atoms with van der Waals surface area (Å²) < 4.78 is 7.27. The number of benzene rings is 2. The lowest BCUT2D eigenvalue weighted by Crippen LogP contribution is -1.97. The monoisotopic (exact) mass is 331 g/mol. The van der Waals surface area contributed by atoms with Gasteiger partial charge in [-0.25, -0.2) is 9.97 Å². The van der Waals surface area contributed by atoms with Crippen LogP contribution in [0.25, 0.3) is 22.2 Å². The van der Waals surface area contributed by atoms with Gasteiger partial charge in [-0.3, -0.25) is 4.68 Å². The molecule has 2 aromatic carbocycles. The van der Waals surface area contributed by atoms with Crippen LogP contribution in [0, 0.1) is 0 Å². The lowest BCUT2D eigenvalue weighted by Gasteiger charge is -2.10. The molecule has 0 fully saturated rings. The van der Waals surface area contributed by atoms with Gasteiger partial charge >= 0.3 is 0 Å². The van der Waals surface area contributed by atoms with Crippen LogP contribution >= 0.6 is 0 Å². The van der Waals surface area contributed by atoms with Gasteiger partial charge in [-0.2, -0.15) is 5.10 Å². The van der Waals surface area contributed by atoms with Crippen LogP contribution in [-0.2, 0) is 7.05 Å². The number of fused-ring (bicyclic) bond motifs is 1. The number of rotatable bonds is 4. The number of anilines is 2. The summed E-state index contributed by atoms with van der Waals surface area (Å²) >= 11 is 0. The van der Waals surface area contributed by atoms with Crippen molar-refractivity contribution in [2.75, 3.05) is 12.4 Å². The SMILES string of the molecule is COc1ccccc1-c1cc(Nc2ccc3cnn(C)c3c2)ncn1. The van der Waals surface area contributed by atoms with Crippen molar-refractivity contribution in [3.05, 3.63) is 61.1 Å². The quantitative estimate of drug-likeness (QED) is 0.616. The first-order valence-corrected chi connectivity index (χ1v) is 7.89. The van der Waals surface area contributed by atoms with Crippen molar-refractivity contribution >= 4 is 22.4 Å². The van der Waals surface area contributed by atoms with E-state index in [0.29, 0.717) is 0 Å². The molecule has 0 saturated carbocycles. The maximum Gasteiger partial charge on any atom is 0.134 e. The van der Waals surface area contributed by atoms with Crippen LogP contribution in [0.4, 0.5) is 11.5 Å². The van der Waals surface area contributed by atoms with Gasteiger partial charge in [0.25, 0.3) is 0 Å². The fraction of sp³-hybridized carbons (Fsp3) is 0.105. The van der Waals surface area contributed by atoms with Crippen molar-refractivity contribution in [2.45, 2.75) is 0 Å². The van der Waals surface area contributed by atoms with Crippen LogP contribution in [0.15, 0.2) is 61.1 Å². The number of nitrogens with zero attached hydrogens (tertiary/aromatic N) is 4. The summed E-state index contributed by atoms with van der Waals surface area (Å²) in [7, 11) is 3.58. The molecule has 124 valence electrons. The zero-order valence-electron chi connectivity index (χ0n) is 14.0. The predicted molar refractivity (Wildman–Crippen MR) is 98.0 cm³/mol. The van der Waals surface area contributed by atoms with Gasteiger partial charge < -0.3 is 10.1 Å². The molecule has 0 radical (unpaired) electrons. The number of hydrogen-bond donors (Lipinski definition) is 1. The highest BCUT2D eigenvalue weighted by Crippen LogP contribution is 2.29. The predicted octanol–water partition coefficient (Wildman–Crippen LogP) is 3.78. The van der Waals surface area contributed by atoms with Crippen molar-refractivity contribution in [1.29, 1.82) is 0 Å². The lowest BCUT2D eigenvalue weighted by molar-refractivity contribution is 0.416. The number of aryl methyl sites for hydroxylation is 1. The first-order chi connectivity index (χ1) is 12.2. The minimum Gasteiger partial charge on any atom is -0.496 e. The van der Waals surface area contributed by atoms with Crippen LogP contribution in [0.3, 0.4) is 0 Å². The Hall–Kier alpha value is -3.41. The first kappa shape index (κ1) is 15.1. The van der Waals surface area contributed by atoms with E-state index in [4.69, 9.17) is 4.74 Å². The molecule has 25 heavy (non-hydrogen) atoms. The third-order valence-electron chi connectivity index (χ3n) is 4.07. The number of hydrogen-bond acceptors (Lipinski definition) is 5. The van der Waals surface area contributed by atoms with Gasteiger partial charge in [0.05, 0.1) is 24.5 Å². The number of para-hydroxylation sites is 1. The van der Waals surface area contributed by atoms with Gasteiger partial charge in [0.2, 0.25) is 0 Å². The molecule has 0 unspecified atom stereocenters. The summed E-state index contributed by atoms with van der Waals surface area (Å²) in [6, 6.07) is 15.8. The average Bonchev–Trinajstić information content (AvgIpc) is 3.02. The van der Waals surface area contributed by atoms with E-state index in [1.54, 1.807) is 13.4 Å². The molecule has 0 amide bonds. The smallest absolute Gasteiger partial charge is 0.134 e. The second-order valence-electron chi connectivity index (χ2n) is 5.66. The molecule has 6 heteroatoms. The van der Waals surface area contributed by atoms with E-state index < -0.39 is 0 Å². The number of aromatic nitrogens is 4. The van der Waals surface area contributed by atoms with Crippen LogP contribution in [-0.4, -0.2) is 26.9 Å². The Morgan fingerprint density at radius 2 is 1.92 bits per heavy atom. The Morgan fingerprint density at radius 3 is 2.80 bits per heavy atom. The second kappa shape index (κ2) is 6.24. The summed E-state index contributed by atoms with van der Waals surface area (Å²) in [5, 5.41) is 8.70. The molecule has 0 spiro atoms. The van der Waals surface area contributed by atoms with E-state index in [0.717, 1.165) is 39.4 Å². The third kappa shape index (κ3) is 2.89. The molecule has 0 aliphatic carbocycles. The van der Waals surface area contributed by atoms with E-state index in [2.05, 4.69) is 20.4 Å². The second-order valence-corrected chi connectivity index (χ2v) is 5.66. The van der Waals surface area contributed by atoms with Crippen molar-refractivity contribution in [2.24, 2.45) is 7.05 Å². The van der Waals surface area contributed by atoms with Gasteiger partial charge in [-0.15, -0.1) is 0 Å². The molecule has 2 aromatic heterocycles. The zero-order chi connectivity index (χ0) is 17.2. The fourth-order valence-electron chi connectivity index (χ4n) is 2.80. The molecule has 0 aliphatic rings. The Balaban J connectivity index is 1.68. The molecule has 2 heterocycles. The minimum atomic E-state index is 0.720. The van der Waals surface area contributed by atoms with E-state index in [1.807, 2.05) is 66.5 Å². The maximum absolute atomic E-state index is 5.42. The van der Waals surface area contributed by atoms with Crippen LogP contribution in [0.2, 0.25) is 0 Å². The zero-order valence-corrected chi connectivity index (χ0v) is 14.0. The van der Waals surface area contributed by atoms with Gasteiger partial charge in [0, 0.05) is 29.8 Å². The first-order valence-electron chi connectivity index (χ1n) is 7.89. The summed E-state index contributed by atoms with van der Waals surface area (Å²) in [4.78, 5) is 8.69. The highest BCUT2D eigenvalue weighted by atomic mass is 16.5. The Morgan fingerprint density at radius 1 is 1.04 bits per heavy atom. The maximum atomic E-state index is 5.42. The summed E-state index contributed by atoms with van der Waals surface area (Å²) in [6.07, 6.45) is 3.40. The highest BCUT2D eigenvalue weighted by molar-refractivity contribution is 5.83. The Kier molecular flexibility index (Phi) is 3.78. The van der Waals surface area contributed by atoms with Crippen molar-refractivity contribution in [3.8, 4) is 17.0 Å². The van der Waals surface area contributed by atoms with Crippen LogP contribution in [0.1, 0.15) is 0 Å². The summed E-state index contributed by atoms with van der Waals surface area (Å²) in [5.41, 5.74) is 3.74. The minimum absolute atomic E-state index is 0.720. The molecule has 0 atom stereocenters.